The van der Waals surface area contributed by atoms with Gasteiger partial charge in [-0.1, -0.05) is 49.6 Å². The molecule has 1 spiro atoms. The molecule has 2 amide bonds. The van der Waals surface area contributed by atoms with E-state index in [1.54, 1.807) is 9.80 Å². The number of cyclic esters (lactones) is 1. The molecule has 196 valence electrons. The van der Waals surface area contributed by atoms with E-state index in [4.69, 9.17) is 9.47 Å². The monoisotopic (exact) mass is 514 g/mol. The van der Waals surface area contributed by atoms with Gasteiger partial charge in [-0.3, -0.25) is 9.59 Å². The van der Waals surface area contributed by atoms with Crippen LogP contribution in [0, 0.1) is 0 Å². The topological polar surface area (TPSA) is 93.2 Å². The lowest BCUT2D eigenvalue weighted by Crippen LogP contribution is -2.40. The van der Waals surface area contributed by atoms with E-state index in [0.717, 1.165) is 23.4 Å². The summed E-state index contributed by atoms with van der Waals surface area (Å²) in [5, 5.41) is 0. The van der Waals surface area contributed by atoms with E-state index in [1.165, 1.54) is 0 Å². The Balaban J connectivity index is 1.24. The van der Waals surface area contributed by atoms with Crippen molar-refractivity contribution >= 4 is 35.1 Å². The number of rotatable bonds is 6. The van der Waals surface area contributed by atoms with Crippen LogP contribution in [-0.2, 0) is 40.7 Å². The highest BCUT2D eigenvalue weighted by molar-refractivity contribution is 6.11. The van der Waals surface area contributed by atoms with Gasteiger partial charge < -0.3 is 19.3 Å². The van der Waals surface area contributed by atoms with Crippen molar-refractivity contribution in [3.63, 3.8) is 0 Å². The van der Waals surface area contributed by atoms with Crippen molar-refractivity contribution in [2.75, 3.05) is 29.5 Å². The molecule has 1 fully saturated rings. The minimum Gasteiger partial charge on any atom is -0.452 e. The van der Waals surface area contributed by atoms with E-state index >= 15 is 0 Å². The first-order valence-corrected chi connectivity index (χ1v) is 12.9. The second-order valence-corrected chi connectivity index (χ2v) is 9.89. The van der Waals surface area contributed by atoms with Crippen LogP contribution < -0.4 is 9.80 Å². The molecule has 3 heterocycles. The summed E-state index contributed by atoms with van der Waals surface area (Å²) in [7, 11) is 0. The van der Waals surface area contributed by atoms with Gasteiger partial charge in [0.2, 0.25) is 5.60 Å². The Morgan fingerprint density at radius 1 is 0.763 bits per heavy atom. The molecule has 0 radical (unpaired) electrons. The summed E-state index contributed by atoms with van der Waals surface area (Å²) in [6.07, 6.45) is 3.36. The maximum absolute atomic E-state index is 13.5. The lowest BCUT2D eigenvalue weighted by Gasteiger charge is -2.27. The second kappa shape index (κ2) is 10.3. The predicted molar refractivity (Wildman–Crippen MR) is 141 cm³/mol. The number of amides is 2. The Morgan fingerprint density at radius 2 is 1.45 bits per heavy atom. The van der Waals surface area contributed by atoms with E-state index in [-0.39, 0.29) is 24.8 Å². The maximum atomic E-state index is 13.5. The zero-order valence-corrected chi connectivity index (χ0v) is 21.2. The quantitative estimate of drug-likeness (QED) is 0.329. The Morgan fingerprint density at radius 3 is 2.18 bits per heavy atom. The summed E-state index contributed by atoms with van der Waals surface area (Å²) in [5.41, 5.74) is 2.59. The van der Waals surface area contributed by atoms with Crippen LogP contribution in [0.3, 0.4) is 0 Å². The molecule has 1 unspecified atom stereocenters. The number of aryl methyl sites for hydroxylation is 1. The molecule has 0 aromatic heterocycles. The molecule has 2 aromatic carbocycles. The molecule has 38 heavy (non-hydrogen) atoms. The normalized spacial score (nSPS) is 21.5. The van der Waals surface area contributed by atoms with Gasteiger partial charge >= 0.3 is 11.9 Å². The Labute approximate surface area is 221 Å². The lowest BCUT2D eigenvalue weighted by molar-refractivity contribution is -0.156. The van der Waals surface area contributed by atoms with E-state index in [1.807, 2.05) is 48.5 Å². The number of carbonyl (C=O) groups excluding carboxylic acids is 4. The third kappa shape index (κ3) is 4.51. The number of para-hydroxylation sites is 2. The Kier molecular flexibility index (Phi) is 6.89. The average Bonchev–Trinajstić information content (AvgIpc) is 3.35. The highest BCUT2D eigenvalue weighted by Gasteiger charge is 2.58. The molecule has 3 aliphatic rings. The molecule has 0 N–H and O–H groups in total. The first-order valence-electron chi connectivity index (χ1n) is 12.9. The highest BCUT2D eigenvalue weighted by atomic mass is 16.6. The third-order valence-electron chi connectivity index (χ3n) is 7.40. The fourth-order valence-electron chi connectivity index (χ4n) is 5.40. The number of carbonyl (C=O) groups is 4. The third-order valence-corrected chi connectivity index (χ3v) is 7.40. The molecular formula is C30H30N2O6. The summed E-state index contributed by atoms with van der Waals surface area (Å²) in [6, 6.07) is 15.1. The summed E-state index contributed by atoms with van der Waals surface area (Å²) in [6.45, 7) is 8.13. The van der Waals surface area contributed by atoms with Crippen LogP contribution in [-0.4, -0.2) is 43.4 Å². The molecule has 5 rings (SSSR count). The smallest absolute Gasteiger partial charge is 0.335 e. The van der Waals surface area contributed by atoms with Gasteiger partial charge in [0, 0.05) is 41.9 Å². The molecule has 2 aromatic rings. The van der Waals surface area contributed by atoms with Crippen molar-refractivity contribution < 1.29 is 28.7 Å². The number of benzene rings is 2. The molecular weight excluding hydrogens is 484 g/mol. The number of anilines is 2. The van der Waals surface area contributed by atoms with Gasteiger partial charge in [-0.05, 0) is 49.8 Å². The minimum atomic E-state index is -1.31. The van der Waals surface area contributed by atoms with Gasteiger partial charge in [-0.2, -0.15) is 0 Å². The first kappa shape index (κ1) is 25.4. The molecule has 3 aliphatic heterocycles. The first-order chi connectivity index (χ1) is 18.3. The van der Waals surface area contributed by atoms with Gasteiger partial charge in [0.1, 0.15) is 0 Å². The SMILES string of the molecule is C=C1CCc2ccccc2N(CCCCCN2C(=O)C3(CC(=C)C(=O)O3)c3ccccc32)C(=O)COC1=O. The molecule has 1 saturated heterocycles. The van der Waals surface area contributed by atoms with E-state index < -0.39 is 17.5 Å². The number of fused-ring (bicyclic) bond motifs is 3. The second-order valence-electron chi connectivity index (χ2n) is 9.89. The van der Waals surface area contributed by atoms with Crippen LogP contribution >= 0.6 is 0 Å². The van der Waals surface area contributed by atoms with Crippen molar-refractivity contribution in [3.8, 4) is 0 Å². The standard InChI is InChI=1S/C30H30N2O6/c1-20-14-15-22-10-4-6-12-24(22)31(26(33)19-37-27(20)34)16-8-3-9-17-32-25-13-7-5-11-23(25)30(29(32)36)18-21(2)28(35)38-30/h4-7,10-13H,1-3,8-9,14-19H2. The fraction of sp³-hybridized carbons (Fsp3) is 0.333. The molecule has 8 nitrogen and oxygen atoms in total. The van der Waals surface area contributed by atoms with E-state index in [0.29, 0.717) is 55.5 Å². The van der Waals surface area contributed by atoms with Crippen LogP contribution in [0.25, 0.3) is 0 Å². The van der Waals surface area contributed by atoms with Gasteiger partial charge in [0.05, 0.1) is 5.69 Å². The number of unbranched alkanes of at least 4 members (excludes halogenated alkanes) is 2. The van der Waals surface area contributed by atoms with Crippen LogP contribution in [0.15, 0.2) is 72.8 Å². The van der Waals surface area contributed by atoms with Crippen LogP contribution in [0.4, 0.5) is 11.4 Å². The predicted octanol–water partition coefficient (Wildman–Crippen LogP) is 3.98. The minimum absolute atomic E-state index is 0.159. The summed E-state index contributed by atoms with van der Waals surface area (Å²) in [4.78, 5) is 54.1. The number of hydrogen-bond donors (Lipinski definition) is 0. The highest BCUT2D eigenvalue weighted by Crippen LogP contribution is 2.49. The van der Waals surface area contributed by atoms with Crippen molar-refractivity contribution in [2.24, 2.45) is 0 Å². The molecule has 1 atom stereocenters. The molecule has 0 saturated carbocycles. The Hall–Kier alpha value is -4.20. The summed E-state index contributed by atoms with van der Waals surface area (Å²) >= 11 is 0. The molecule has 0 bridgehead atoms. The zero-order valence-electron chi connectivity index (χ0n) is 21.2. The number of ether oxygens (including phenoxy) is 2. The van der Waals surface area contributed by atoms with Crippen LogP contribution in [0.5, 0.6) is 0 Å². The molecule has 8 heteroatoms. The van der Waals surface area contributed by atoms with Crippen LogP contribution in [0.2, 0.25) is 0 Å². The van der Waals surface area contributed by atoms with Gasteiger partial charge in [0.15, 0.2) is 6.61 Å². The Bertz CT molecular complexity index is 1330. The van der Waals surface area contributed by atoms with E-state index in [2.05, 4.69) is 13.2 Å². The fourth-order valence-corrected chi connectivity index (χ4v) is 5.40. The van der Waals surface area contributed by atoms with Crippen molar-refractivity contribution in [3.05, 3.63) is 84.0 Å². The number of esters is 2. The number of nitrogens with zero attached hydrogens (tertiary/aromatic N) is 2. The van der Waals surface area contributed by atoms with Crippen molar-refractivity contribution in [2.45, 2.75) is 44.1 Å². The number of hydrogen-bond acceptors (Lipinski definition) is 6. The van der Waals surface area contributed by atoms with Crippen LogP contribution in [0.1, 0.15) is 43.2 Å². The van der Waals surface area contributed by atoms with E-state index in [9.17, 15) is 19.2 Å². The summed E-state index contributed by atoms with van der Waals surface area (Å²) in [5.74, 6) is -1.60. The largest absolute Gasteiger partial charge is 0.452 e. The van der Waals surface area contributed by atoms with Crippen molar-refractivity contribution in [1.29, 1.82) is 0 Å². The average molecular weight is 515 g/mol. The molecule has 0 aliphatic carbocycles. The lowest BCUT2D eigenvalue weighted by atomic mass is 9.91. The van der Waals surface area contributed by atoms with Crippen molar-refractivity contribution in [1.82, 2.24) is 0 Å². The van der Waals surface area contributed by atoms with Gasteiger partial charge in [0.25, 0.3) is 11.8 Å². The summed E-state index contributed by atoms with van der Waals surface area (Å²) < 4.78 is 10.8. The van der Waals surface area contributed by atoms with Gasteiger partial charge in [-0.15, -0.1) is 0 Å². The maximum Gasteiger partial charge on any atom is 0.335 e. The van der Waals surface area contributed by atoms with Gasteiger partial charge in [-0.25, -0.2) is 9.59 Å². The zero-order chi connectivity index (χ0) is 26.9.